The van der Waals surface area contributed by atoms with Gasteiger partial charge in [0, 0.05) is 49.4 Å². The summed E-state index contributed by atoms with van der Waals surface area (Å²) in [4.78, 5) is 2.46. The van der Waals surface area contributed by atoms with Crippen molar-refractivity contribution < 1.29 is 17.4 Å². The number of aryl methyl sites for hydroxylation is 1. The highest BCUT2D eigenvalue weighted by molar-refractivity contribution is 7.85. The van der Waals surface area contributed by atoms with Crippen LogP contribution in [0, 0.1) is 5.82 Å². The molecule has 0 spiro atoms. The first-order valence-electron chi connectivity index (χ1n) is 9.78. The summed E-state index contributed by atoms with van der Waals surface area (Å²) in [6, 6.07) is 17.2. The second-order valence-electron chi connectivity index (χ2n) is 7.28. The minimum absolute atomic E-state index is 0.210. The fraction of sp³-hybridized carbons (Fsp3) is 0.318. The molecule has 0 amide bonds. The van der Waals surface area contributed by atoms with Gasteiger partial charge in [-0.15, -0.1) is 0 Å². The van der Waals surface area contributed by atoms with E-state index in [0.717, 1.165) is 43.9 Å². The molecule has 30 heavy (non-hydrogen) atoms. The van der Waals surface area contributed by atoms with Crippen LogP contribution in [-0.2, 0) is 36.2 Å². The zero-order chi connectivity index (χ0) is 21.7. The van der Waals surface area contributed by atoms with Gasteiger partial charge in [-0.1, -0.05) is 30.3 Å². The molecular weight excluding hydrogens is 405 g/mol. The minimum atomic E-state index is -3.67. The standard InChI is InChI=1S/C21H22FN3.CH4O3S/c1-2-25-20-12-13-24(14-16-6-4-3-5-7-16)15-19(20)21(23-25)17-8-10-18(22)11-9-17;1-5(2,3)4/h3-11H,2,12-15H2,1H3;1H3,(H,2,3,4). The predicted octanol–water partition coefficient (Wildman–Crippen LogP) is 3.77. The molecule has 0 bridgehead atoms. The van der Waals surface area contributed by atoms with E-state index in [1.165, 1.54) is 29.0 Å². The Balaban J connectivity index is 0.000000461. The third-order valence-electron chi connectivity index (χ3n) is 4.88. The Bertz CT molecular complexity index is 1070. The van der Waals surface area contributed by atoms with Crippen molar-refractivity contribution in [2.45, 2.75) is 33.0 Å². The third-order valence-corrected chi connectivity index (χ3v) is 4.88. The van der Waals surface area contributed by atoms with Gasteiger partial charge in [0.05, 0.1) is 11.9 Å². The highest BCUT2D eigenvalue weighted by Gasteiger charge is 2.25. The molecule has 1 N–H and O–H groups in total. The molecule has 0 unspecified atom stereocenters. The highest BCUT2D eigenvalue weighted by atomic mass is 32.2. The van der Waals surface area contributed by atoms with Crippen LogP contribution in [0.3, 0.4) is 0 Å². The molecule has 0 radical (unpaired) electrons. The van der Waals surface area contributed by atoms with Crippen molar-refractivity contribution >= 4 is 10.1 Å². The number of hydrogen-bond donors (Lipinski definition) is 1. The van der Waals surface area contributed by atoms with Crippen molar-refractivity contribution in [2.24, 2.45) is 0 Å². The van der Waals surface area contributed by atoms with Crippen LogP contribution in [0.4, 0.5) is 4.39 Å². The van der Waals surface area contributed by atoms with Gasteiger partial charge in [0.1, 0.15) is 5.82 Å². The largest absolute Gasteiger partial charge is 0.294 e. The zero-order valence-electron chi connectivity index (χ0n) is 17.1. The monoisotopic (exact) mass is 431 g/mol. The zero-order valence-corrected chi connectivity index (χ0v) is 17.9. The summed E-state index contributed by atoms with van der Waals surface area (Å²) in [5.74, 6) is -0.210. The lowest BCUT2D eigenvalue weighted by molar-refractivity contribution is 0.242. The van der Waals surface area contributed by atoms with Gasteiger partial charge >= 0.3 is 0 Å². The first kappa shape index (κ1) is 22.1. The Morgan fingerprint density at radius 1 is 1.10 bits per heavy atom. The average Bonchev–Trinajstić information content (AvgIpc) is 3.06. The van der Waals surface area contributed by atoms with Gasteiger partial charge in [-0.2, -0.15) is 13.5 Å². The van der Waals surface area contributed by atoms with Crippen LogP contribution in [-0.4, -0.2) is 40.5 Å². The van der Waals surface area contributed by atoms with E-state index in [1.807, 2.05) is 12.1 Å². The van der Waals surface area contributed by atoms with E-state index in [9.17, 15) is 12.8 Å². The van der Waals surface area contributed by atoms with E-state index in [1.54, 1.807) is 0 Å². The predicted molar refractivity (Wildman–Crippen MR) is 115 cm³/mol. The molecule has 0 fully saturated rings. The quantitative estimate of drug-likeness (QED) is 0.637. The summed E-state index contributed by atoms with van der Waals surface area (Å²) in [6.07, 6.45) is 1.72. The molecule has 1 aliphatic rings. The van der Waals surface area contributed by atoms with Gasteiger partial charge in [-0.3, -0.25) is 14.1 Å². The third kappa shape index (κ3) is 5.98. The SMILES string of the molecule is CCn1nc(-c2ccc(F)cc2)c2c1CCN(Cc1ccccc1)C2.CS(=O)(=O)O. The molecular formula is C22H26FN3O3S. The van der Waals surface area contributed by atoms with E-state index >= 15 is 0 Å². The van der Waals surface area contributed by atoms with Gasteiger partial charge in [0.2, 0.25) is 0 Å². The molecule has 6 nitrogen and oxygen atoms in total. The molecule has 160 valence electrons. The fourth-order valence-corrected chi connectivity index (χ4v) is 3.62. The normalized spacial score (nSPS) is 14.0. The van der Waals surface area contributed by atoms with Crippen LogP contribution in [0.1, 0.15) is 23.7 Å². The van der Waals surface area contributed by atoms with E-state index < -0.39 is 10.1 Å². The molecule has 2 heterocycles. The van der Waals surface area contributed by atoms with Crippen molar-refractivity contribution in [1.82, 2.24) is 14.7 Å². The van der Waals surface area contributed by atoms with Gasteiger partial charge in [-0.05, 0) is 36.8 Å². The second kappa shape index (κ2) is 9.51. The molecule has 1 aliphatic heterocycles. The van der Waals surface area contributed by atoms with Crippen LogP contribution in [0.2, 0.25) is 0 Å². The van der Waals surface area contributed by atoms with Gasteiger partial charge in [-0.25, -0.2) is 4.39 Å². The Kier molecular flexibility index (Phi) is 7.02. The van der Waals surface area contributed by atoms with Gasteiger partial charge in [0.15, 0.2) is 0 Å². The lowest BCUT2D eigenvalue weighted by atomic mass is 10.0. The van der Waals surface area contributed by atoms with Crippen molar-refractivity contribution in [2.75, 3.05) is 12.8 Å². The lowest BCUT2D eigenvalue weighted by Crippen LogP contribution is -2.30. The van der Waals surface area contributed by atoms with E-state index in [-0.39, 0.29) is 5.82 Å². The smallest absolute Gasteiger partial charge is 0.261 e. The number of nitrogens with zero attached hydrogens (tertiary/aromatic N) is 3. The van der Waals surface area contributed by atoms with Crippen LogP contribution < -0.4 is 0 Å². The minimum Gasteiger partial charge on any atom is -0.294 e. The fourth-order valence-electron chi connectivity index (χ4n) is 3.62. The summed E-state index contributed by atoms with van der Waals surface area (Å²) in [5, 5.41) is 4.82. The van der Waals surface area contributed by atoms with Crippen molar-refractivity contribution in [3.63, 3.8) is 0 Å². The highest BCUT2D eigenvalue weighted by Crippen LogP contribution is 2.30. The summed E-state index contributed by atoms with van der Waals surface area (Å²) in [6.45, 7) is 5.86. The Morgan fingerprint density at radius 3 is 2.33 bits per heavy atom. The van der Waals surface area contributed by atoms with E-state index in [0.29, 0.717) is 6.26 Å². The topological polar surface area (TPSA) is 75.4 Å². The van der Waals surface area contributed by atoms with Crippen LogP contribution >= 0.6 is 0 Å². The van der Waals surface area contributed by atoms with Crippen LogP contribution in [0.25, 0.3) is 11.3 Å². The molecule has 3 aromatic rings. The molecule has 2 aromatic carbocycles. The van der Waals surface area contributed by atoms with Crippen molar-refractivity contribution in [3.8, 4) is 11.3 Å². The summed E-state index contributed by atoms with van der Waals surface area (Å²) in [7, 11) is -3.67. The molecule has 0 atom stereocenters. The second-order valence-corrected chi connectivity index (χ2v) is 8.74. The number of rotatable bonds is 4. The maximum atomic E-state index is 13.3. The lowest BCUT2D eigenvalue weighted by Gasteiger charge is -2.27. The Morgan fingerprint density at radius 2 is 1.73 bits per heavy atom. The van der Waals surface area contributed by atoms with Crippen LogP contribution in [0.15, 0.2) is 54.6 Å². The summed E-state index contributed by atoms with van der Waals surface area (Å²) < 4.78 is 41.3. The Hall–Kier alpha value is -2.55. The maximum absolute atomic E-state index is 13.3. The van der Waals surface area contributed by atoms with E-state index in [4.69, 9.17) is 9.65 Å². The first-order valence-corrected chi connectivity index (χ1v) is 11.6. The molecule has 8 heteroatoms. The number of aromatic nitrogens is 2. The van der Waals surface area contributed by atoms with Crippen LogP contribution in [0.5, 0.6) is 0 Å². The number of hydrogen-bond acceptors (Lipinski definition) is 4. The molecule has 1 aromatic heterocycles. The average molecular weight is 432 g/mol. The molecule has 4 rings (SSSR count). The maximum Gasteiger partial charge on any atom is 0.261 e. The van der Waals surface area contributed by atoms with Gasteiger partial charge < -0.3 is 0 Å². The molecule has 0 saturated heterocycles. The summed E-state index contributed by atoms with van der Waals surface area (Å²) in [5.41, 5.74) is 5.93. The van der Waals surface area contributed by atoms with E-state index in [2.05, 4.69) is 46.8 Å². The summed E-state index contributed by atoms with van der Waals surface area (Å²) >= 11 is 0. The first-order chi connectivity index (χ1) is 14.2. The van der Waals surface area contributed by atoms with Crippen molar-refractivity contribution in [1.29, 1.82) is 0 Å². The number of halogens is 1. The Labute approximate surface area is 176 Å². The number of fused-ring (bicyclic) bond motifs is 1. The number of benzene rings is 2. The molecule has 0 saturated carbocycles. The molecule has 0 aliphatic carbocycles. The van der Waals surface area contributed by atoms with Gasteiger partial charge in [0.25, 0.3) is 10.1 Å². The van der Waals surface area contributed by atoms with Crippen molar-refractivity contribution in [3.05, 3.63) is 77.2 Å².